The second kappa shape index (κ2) is 14.4. The van der Waals surface area contributed by atoms with E-state index < -0.39 is 0 Å². The summed E-state index contributed by atoms with van der Waals surface area (Å²) in [5, 5.41) is 4.98. The molecule has 2 aromatic carbocycles. The first-order chi connectivity index (χ1) is 17.4. The van der Waals surface area contributed by atoms with Gasteiger partial charge < -0.3 is 14.9 Å². The second-order valence-corrected chi connectivity index (χ2v) is 10.1. The van der Waals surface area contributed by atoms with E-state index in [0.29, 0.717) is 11.4 Å². The van der Waals surface area contributed by atoms with Crippen molar-refractivity contribution >= 4 is 52.2 Å². The van der Waals surface area contributed by atoms with Crippen LogP contribution >= 0.6 is 23.5 Å². The molecule has 2 N–H and O–H groups in total. The number of rotatable bonds is 7. The smallest absolute Gasteiger partial charge is 0.211 e. The summed E-state index contributed by atoms with van der Waals surface area (Å²) in [6.45, 7) is 3.19. The van der Waals surface area contributed by atoms with Crippen molar-refractivity contribution in [3.8, 4) is 0 Å². The average Bonchev–Trinajstić information content (AvgIpc) is 3.67. The van der Waals surface area contributed by atoms with Gasteiger partial charge >= 0.3 is 0 Å². The Balaban J connectivity index is 0.000000177. The minimum absolute atomic E-state index is 0.581. The predicted octanol–water partition coefficient (Wildman–Crippen LogP) is 7.14. The van der Waals surface area contributed by atoms with Crippen molar-refractivity contribution in [2.45, 2.75) is 31.2 Å². The Kier molecular flexibility index (Phi) is 11.0. The van der Waals surface area contributed by atoms with E-state index in [9.17, 15) is 4.79 Å². The number of hydrogen-bond acceptors (Lipinski definition) is 6. The molecular weight excluding hydrogens is 490 g/mol. The van der Waals surface area contributed by atoms with E-state index in [0.717, 1.165) is 34.7 Å². The Morgan fingerprint density at radius 1 is 1.06 bits per heavy atom. The van der Waals surface area contributed by atoms with Crippen LogP contribution in [0.25, 0.3) is 10.8 Å². The third-order valence-electron chi connectivity index (χ3n) is 5.14. The van der Waals surface area contributed by atoms with Gasteiger partial charge in [0, 0.05) is 46.5 Å². The number of carbonyl (C=O) groups excluding carboxylic acids is 1. The van der Waals surface area contributed by atoms with E-state index >= 15 is 0 Å². The average molecular weight is 522 g/mol. The zero-order chi connectivity index (χ0) is 25.8. The topological polar surface area (TPSA) is 70.2 Å². The molecule has 0 spiro atoms. The molecule has 1 fully saturated rings. The van der Waals surface area contributed by atoms with Crippen molar-refractivity contribution in [2.24, 2.45) is 5.92 Å². The highest BCUT2D eigenvalue weighted by molar-refractivity contribution is 8.00. The van der Waals surface area contributed by atoms with E-state index in [1.54, 1.807) is 30.4 Å². The van der Waals surface area contributed by atoms with Gasteiger partial charge in [-0.2, -0.15) is 0 Å². The number of halogens is 1. The number of benzene rings is 2. The van der Waals surface area contributed by atoms with Crippen LogP contribution in [0.1, 0.15) is 25.3 Å². The fraction of sp³-hybridized carbons (Fsp3) is 0.250. The monoisotopic (exact) mass is 521 g/mol. The summed E-state index contributed by atoms with van der Waals surface area (Å²) >= 11 is 7.52. The lowest BCUT2D eigenvalue weighted by molar-refractivity contribution is -0.105. The van der Waals surface area contributed by atoms with Crippen LogP contribution in [0.3, 0.4) is 0 Å². The summed E-state index contributed by atoms with van der Waals surface area (Å²) in [5.74, 6) is 1.96. The molecule has 0 radical (unpaired) electrons. The molecule has 36 heavy (non-hydrogen) atoms. The van der Waals surface area contributed by atoms with Gasteiger partial charge in [0.15, 0.2) is 0 Å². The molecular formula is C28H32ClN5OS. The Labute approximate surface area is 222 Å². The number of nitrogens with one attached hydrogen (secondary N) is 2. The molecule has 5 rings (SSSR count). The lowest BCUT2D eigenvalue weighted by atomic mass is 10.1. The summed E-state index contributed by atoms with van der Waals surface area (Å²) < 4.78 is 3.23. The predicted molar refractivity (Wildman–Crippen MR) is 152 cm³/mol. The van der Waals surface area contributed by atoms with Gasteiger partial charge in [-0.15, -0.1) is 0 Å². The Morgan fingerprint density at radius 3 is 2.42 bits per heavy atom. The summed E-state index contributed by atoms with van der Waals surface area (Å²) in [6, 6.07) is 19.8. The molecule has 2 aromatic heterocycles. The fourth-order valence-corrected chi connectivity index (χ4v) is 3.85. The highest BCUT2D eigenvalue weighted by Gasteiger charge is 2.12. The van der Waals surface area contributed by atoms with Gasteiger partial charge in [-0.05, 0) is 67.9 Å². The number of anilines is 2. The maximum Gasteiger partial charge on any atom is 0.211 e. The summed E-state index contributed by atoms with van der Waals surface area (Å²) in [4.78, 5) is 21.9. The fourth-order valence-electron chi connectivity index (χ4n) is 3.00. The van der Waals surface area contributed by atoms with Crippen LogP contribution in [0.4, 0.5) is 11.5 Å². The molecule has 188 valence electrons. The Morgan fingerprint density at radius 2 is 1.81 bits per heavy atom. The minimum Gasteiger partial charge on any atom is -0.329 e. The number of aromatic nitrogens is 2. The summed E-state index contributed by atoms with van der Waals surface area (Å²) in [5.41, 5.74) is 1.94. The molecule has 0 bridgehead atoms. The zero-order valence-corrected chi connectivity index (χ0v) is 22.4. The number of carbonyl (C=O) groups is 1. The van der Waals surface area contributed by atoms with Crippen molar-refractivity contribution in [3.63, 3.8) is 0 Å². The van der Waals surface area contributed by atoms with E-state index in [-0.39, 0.29) is 0 Å². The SMILES string of the molecule is CC1CC1.CN(C)Cc1ccc(NSc2ccccc2)nc1.O=CNc1ccc2cncc(Cl)c2c1. The van der Waals surface area contributed by atoms with Gasteiger partial charge in [-0.1, -0.05) is 61.7 Å². The molecule has 2 heterocycles. The van der Waals surface area contributed by atoms with Crippen molar-refractivity contribution in [2.75, 3.05) is 24.1 Å². The quantitative estimate of drug-likeness (QED) is 0.199. The van der Waals surface area contributed by atoms with Crippen LogP contribution in [0.2, 0.25) is 5.02 Å². The molecule has 4 aromatic rings. The number of pyridine rings is 2. The molecule has 1 saturated carbocycles. The van der Waals surface area contributed by atoms with Crippen LogP contribution < -0.4 is 10.0 Å². The molecule has 1 aliphatic rings. The normalized spacial score (nSPS) is 12.1. The molecule has 1 aliphatic carbocycles. The van der Waals surface area contributed by atoms with Crippen LogP contribution in [-0.4, -0.2) is 35.4 Å². The number of hydrogen-bond donors (Lipinski definition) is 2. The molecule has 0 aliphatic heterocycles. The maximum absolute atomic E-state index is 10.2. The van der Waals surface area contributed by atoms with E-state index in [2.05, 4.69) is 64.1 Å². The van der Waals surface area contributed by atoms with Gasteiger partial charge in [-0.3, -0.25) is 9.78 Å². The van der Waals surface area contributed by atoms with Crippen LogP contribution in [-0.2, 0) is 11.3 Å². The van der Waals surface area contributed by atoms with Crippen LogP contribution in [0.5, 0.6) is 0 Å². The Bertz CT molecular complexity index is 1220. The Hall–Kier alpha value is -3.13. The summed E-state index contributed by atoms with van der Waals surface area (Å²) in [6.07, 6.45) is 8.82. The number of nitrogens with zero attached hydrogens (tertiary/aromatic N) is 3. The molecule has 0 unspecified atom stereocenters. The zero-order valence-electron chi connectivity index (χ0n) is 20.8. The maximum atomic E-state index is 10.2. The first kappa shape index (κ1) is 27.5. The summed E-state index contributed by atoms with van der Waals surface area (Å²) in [7, 11) is 4.11. The van der Waals surface area contributed by atoms with Crippen LogP contribution in [0, 0.1) is 5.92 Å². The second-order valence-electron chi connectivity index (χ2n) is 8.81. The number of fused-ring (bicyclic) bond motifs is 1. The highest BCUT2D eigenvalue weighted by Crippen LogP contribution is 2.27. The van der Waals surface area contributed by atoms with E-state index in [1.165, 1.54) is 23.3 Å². The van der Waals surface area contributed by atoms with Gasteiger partial charge in [0.05, 0.1) is 5.02 Å². The van der Waals surface area contributed by atoms with Crippen molar-refractivity contribution in [1.29, 1.82) is 0 Å². The third kappa shape index (κ3) is 9.85. The van der Waals surface area contributed by atoms with E-state index in [1.807, 2.05) is 42.6 Å². The standard InChI is InChI=1S/C14H17N3S.C10H7ClN2O.C4H8/c1-17(2)11-12-8-9-14(15-10-12)16-18-13-6-4-3-5-7-13;11-10-5-12-4-7-1-2-8(13-6-14)3-9(7)10;1-4-2-3-4/h3-10H,11H2,1-2H3,(H,15,16);1-6H,(H,13,14);4H,2-3H2,1H3. The van der Waals surface area contributed by atoms with Crippen molar-refractivity contribution in [3.05, 3.63) is 89.8 Å². The van der Waals surface area contributed by atoms with Gasteiger partial charge in [0.2, 0.25) is 6.41 Å². The first-order valence-corrected chi connectivity index (χ1v) is 12.9. The molecule has 8 heteroatoms. The highest BCUT2D eigenvalue weighted by atomic mass is 35.5. The molecule has 6 nitrogen and oxygen atoms in total. The lowest BCUT2D eigenvalue weighted by Gasteiger charge is -2.10. The van der Waals surface area contributed by atoms with Crippen molar-refractivity contribution in [1.82, 2.24) is 14.9 Å². The van der Waals surface area contributed by atoms with Gasteiger partial charge in [0.25, 0.3) is 0 Å². The number of amides is 1. The van der Waals surface area contributed by atoms with Gasteiger partial charge in [-0.25, -0.2) is 4.98 Å². The van der Waals surface area contributed by atoms with Crippen LogP contribution in [0.15, 0.2) is 84.1 Å². The first-order valence-electron chi connectivity index (χ1n) is 11.8. The third-order valence-corrected chi connectivity index (χ3v) is 6.26. The largest absolute Gasteiger partial charge is 0.329 e. The van der Waals surface area contributed by atoms with Gasteiger partial charge in [0.1, 0.15) is 5.82 Å². The van der Waals surface area contributed by atoms with E-state index in [4.69, 9.17) is 11.6 Å². The molecule has 0 atom stereocenters. The molecule has 0 saturated heterocycles. The molecule has 1 amide bonds. The van der Waals surface area contributed by atoms with Crippen molar-refractivity contribution < 1.29 is 4.79 Å². The lowest BCUT2D eigenvalue weighted by Crippen LogP contribution is -2.10. The minimum atomic E-state index is 0.581.